The summed E-state index contributed by atoms with van der Waals surface area (Å²) in [6.07, 6.45) is 4.66. The lowest BCUT2D eigenvalue weighted by atomic mass is 10.1. The highest BCUT2D eigenvalue weighted by Gasteiger charge is 2.30. The van der Waals surface area contributed by atoms with Crippen molar-refractivity contribution in [1.82, 2.24) is 4.90 Å². The smallest absolute Gasteiger partial charge is 0.0824 e. The van der Waals surface area contributed by atoms with Gasteiger partial charge in [0.25, 0.3) is 0 Å². The molecule has 0 N–H and O–H groups in total. The molecule has 2 nitrogen and oxygen atoms in total. The number of hydrogen-bond donors (Lipinski definition) is 0. The van der Waals surface area contributed by atoms with E-state index in [1.807, 2.05) is 0 Å². The van der Waals surface area contributed by atoms with E-state index in [-0.39, 0.29) is 0 Å². The molecule has 2 saturated heterocycles. The minimum Gasteiger partial charge on any atom is -0.373 e. The first-order chi connectivity index (χ1) is 4.86. The molecule has 10 heavy (non-hydrogen) atoms. The van der Waals surface area contributed by atoms with Gasteiger partial charge in [-0.3, -0.25) is 0 Å². The Kier molecular flexibility index (Phi) is 1.66. The molecule has 2 fully saturated rings. The van der Waals surface area contributed by atoms with E-state index in [0.717, 1.165) is 12.6 Å². The molecule has 0 aromatic heterocycles. The van der Waals surface area contributed by atoms with Crippen LogP contribution in [-0.4, -0.2) is 37.2 Å². The molecule has 2 atom stereocenters. The molecular weight excluding hydrogens is 126 g/mol. The van der Waals surface area contributed by atoms with Gasteiger partial charge in [-0.25, -0.2) is 0 Å². The highest BCUT2D eigenvalue weighted by Crippen LogP contribution is 2.24. The second-order valence-corrected chi connectivity index (χ2v) is 3.47. The fourth-order valence-corrected chi connectivity index (χ4v) is 1.78. The van der Waals surface area contributed by atoms with Gasteiger partial charge in [-0.15, -0.1) is 0 Å². The molecule has 2 unspecified atom stereocenters. The first kappa shape index (κ1) is 6.62. The molecule has 2 heteroatoms. The van der Waals surface area contributed by atoms with Crippen LogP contribution >= 0.6 is 0 Å². The SMILES string of the molecule is CN1CCCC1CC1CO1. The summed E-state index contributed by atoms with van der Waals surface area (Å²) < 4.78 is 5.19. The topological polar surface area (TPSA) is 15.8 Å². The summed E-state index contributed by atoms with van der Waals surface area (Å²) in [4.78, 5) is 2.46. The lowest BCUT2D eigenvalue weighted by molar-refractivity contribution is 0.267. The van der Waals surface area contributed by atoms with Crippen molar-refractivity contribution in [2.24, 2.45) is 0 Å². The summed E-state index contributed by atoms with van der Waals surface area (Å²) >= 11 is 0. The van der Waals surface area contributed by atoms with E-state index in [1.54, 1.807) is 0 Å². The zero-order chi connectivity index (χ0) is 6.97. The van der Waals surface area contributed by atoms with E-state index in [9.17, 15) is 0 Å². The predicted molar refractivity (Wildman–Crippen MR) is 40.0 cm³/mol. The van der Waals surface area contributed by atoms with Gasteiger partial charge >= 0.3 is 0 Å². The van der Waals surface area contributed by atoms with Crippen LogP contribution < -0.4 is 0 Å². The molecule has 0 amide bonds. The lowest BCUT2D eigenvalue weighted by Crippen LogP contribution is -2.26. The summed E-state index contributed by atoms with van der Waals surface area (Å²) in [5, 5.41) is 0. The summed E-state index contributed by atoms with van der Waals surface area (Å²) in [6.45, 7) is 2.31. The van der Waals surface area contributed by atoms with Gasteiger partial charge in [0.15, 0.2) is 0 Å². The largest absolute Gasteiger partial charge is 0.373 e. The van der Waals surface area contributed by atoms with Gasteiger partial charge in [0, 0.05) is 6.04 Å². The third-order valence-corrected chi connectivity index (χ3v) is 2.61. The van der Waals surface area contributed by atoms with Crippen molar-refractivity contribution in [3.63, 3.8) is 0 Å². The van der Waals surface area contributed by atoms with Crippen LogP contribution in [0.15, 0.2) is 0 Å². The molecule has 0 aromatic carbocycles. The fraction of sp³-hybridized carbons (Fsp3) is 1.00. The van der Waals surface area contributed by atoms with Crippen molar-refractivity contribution in [2.75, 3.05) is 20.2 Å². The quantitative estimate of drug-likeness (QED) is 0.530. The number of nitrogens with zero attached hydrogens (tertiary/aromatic N) is 1. The monoisotopic (exact) mass is 141 g/mol. The van der Waals surface area contributed by atoms with Crippen LogP contribution in [0.4, 0.5) is 0 Å². The van der Waals surface area contributed by atoms with Crippen molar-refractivity contribution in [3.8, 4) is 0 Å². The predicted octanol–water partition coefficient (Wildman–Crippen LogP) is 0.869. The number of likely N-dealkylation sites (tertiary alicyclic amines) is 1. The first-order valence-corrected chi connectivity index (χ1v) is 4.18. The molecule has 2 rings (SSSR count). The second kappa shape index (κ2) is 2.51. The summed E-state index contributed by atoms with van der Waals surface area (Å²) in [5.41, 5.74) is 0. The zero-order valence-electron chi connectivity index (χ0n) is 6.55. The normalized spacial score (nSPS) is 40.5. The Morgan fingerprint density at radius 1 is 1.60 bits per heavy atom. The maximum absolute atomic E-state index is 5.19. The van der Waals surface area contributed by atoms with Crippen LogP contribution in [0.25, 0.3) is 0 Å². The number of rotatable bonds is 2. The molecule has 2 heterocycles. The van der Waals surface area contributed by atoms with Crippen LogP contribution in [0.1, 0.15) is 19.3 Å². The van der Waals surface area contributed by atoms with Crippen molar-refractivity contribution in [1.29, 1.82) is 0 Å². The van der Waals surface area contributed by atoms with E-state index >= 15 is 0 Å². The van der Waals surface area contributed by atoms with Crippen molar-refractivity contribution < 1.29 is 4.74 Å². The Bertz CT molecular complexity index is 122. The standard InChI is InChI=1S/C8H15NO/c1-9-4-2-3-7(9)5-8-6-10-8/h7-8H,2-6H2,1H3. The van der Waals surface area contributed by atoms with Gasteiger partial charge in [-0.1, -0.05) is 0 Å². The Morgan fingerprint density at radius 2 is 2.40 bits per heavy atom. The minimum absolute atomic E-state index is 0.616. The molecule has 58 valence electrons. The molecule has 0 aromatic rings. The summed E-state index contributed by atoms with van der Waals surface area (Å²) in [5.74, 6) is 0. The lowest BCUT2D eigenvalue weighted by Gasteiger charge is -2.17. The van der Waals surface area contributed by atoms with E-state index < -0.39 is 0 Å². The average molecular weight is 141 g/mol. The van der Waals surface area contributed by atoms with Gasteiger partial charge in [-0.2, -0.15) is 0 Å². The molecular formula is C8H15NO. The van der Waals surface area contributed by atoms with E-state index in [0.29, 0.717) is 6.10 Å². The van der Waals surface area contributed by atoms with Gasteiger partial charge in [0.1, 0.15) is 0 Å². The van der Waals surface area contributed by atoms with Gasteiger partial charge in [0.2, 0.25) is 0 Å². The maximum Gasteiger partial charge on any atom is 0.0824 e. The molecule has 0 spiro atoms. The average Bonchev–Trinajstić information content (AvgIpc) is 2.62. The molecule has 0 saturated carbocycles. The third kappa shape index (κ3) is 1.32. The van der Waals surface area contributed by atoms with E-state index in [2.05, 4.69) is 11.9 Å². The Morgan fingerprint density at radius 3 is 2.90 bits per heavy atom. The van der Waals surface area contributed by atoms with E-state index in [1.165, 1.54) is 25.8 Å². The molecule has 0 bridgehead atoms. The second-order valence-electron chi connectivity index (χ2n) is 3.47. The minimum atomic E-state index is 0.616. The number of epoxide rings is 1. The first-order valence-electron chi connectivity index (χ1n) is 4.18. The van der Waals surface area contributed by atoms with Gasteiger partial charge < -0.3 is 9.64 Å². The molecule has 0 aliphatic carbocycles. The Balaban J connectivity index is 1.79. The number of ether oxygens (including phenoxy) is 1. The van der Waals surface area contributed by atoms with Crippen molar-refractivity contribution >= 4 is 0 Å². The van der Waals surface area contributed by atoms with Crippen LogP contribution in [0, 0.1) is 0 Å². The Hall–Kier alpha value is -0.0800. The van der Waals surface area contributed by atoms with E-state index in [4.69, 9.17) is 4.74 Å². The van der Waals surface area contributed by atoms with Crippen molar-refractivity contribution in [2.45, 2.75) is 31.4 Å². The molecule has 2 aliphatic rings. The summed E-state index contributed by atoms with van der Waals surface area (Å²) in [6, 6.07) is 0.826. The zero-order valence-corrected chi connectivity index (χ0v) is 6.55. The highest BCUT2D eigenvalue weighted by atomic mass is 16.6. The highest BCUT2D eigenvalue weighted by molar-refractivity contribution is 4.83. The van der Waals surface area contributed by atoms with Crippen LogP contribution in [0.2, 0.25) is 0 Å². The summed E-state index contributed by atoms with van der Waals surface area (Å²) in [7, 11) is 2.22. The maximum atomic E-state index is 5.19. The molecule has 0 radical (unpaired) electrons. The third-order valence-electron chi connectivity index (χ3n) is 2.61. The van der Waals surface area contributed by atoms with Crippen LogP contribution in [0.5, 0.6) is 0 Å². The fourth-order valence-electron chi connectivity index (χ4n) is 1.78. The van der Waals surface area contributed by atoms with Crippen molar-refractivity contribution in [3.05, 3.63) is 0 Å². The Labute approximate surface area is 62.2 Å². The molecule has 2 aliphatic heterocycles. The van der Waals surface area contributed by atoms with Gasteiger partial charge in [-0.05, 0) is 32.9 Å². The van der Waals surface area contributed by atoms with Crippen LogP contribution in [0.3, 0.4) is 0 Å². The van der Waals surface area contributed by atoms with Gasteiger partial charge in [0.05, 0.1) is 12.7 Å². The number of hydrogen-bond acceptors (Lipinski definition) is 2. The van der Waals surface area contributed by atoms with Crippen LogP contribution in [-0.2, 0) is 4.74 Å².